The van der Waals surface area contributed by atoms with Gasteiger partial charge in [-0.15, -0.1) is 0 Å². The number of unbranched alkanes of at least 4 members (excludes halogenated alkanes) is 6. The number of methoxy groups -OCH3 is 1. The van der Waals surface area contributed by atoms with E-state index in [4.69, 9.17) is 4.74 Å². The van der Waals surface area contributed by atoms with Crippen LogP contribution in [0.3, 0.4) is 0 Å². The number of esters is 1. The molecule has 0 saturated carbocycles. The molecule has 23 heavy (non-hydrogen) atoms. The lowest BCUT2D eigenvalue weighted by atomic mass is 10.0. The van der Waals surface area contributed by atoms with Crippen LogP contribution < -0.4 is 0 Å². The molecule has 0 aromatic rings. The number of carbonyl (C=O) groups is 1. The fourth-order valence-electron chi connectivity index (χ4n) is 2.79. The highest BCUT2D eigenvalue weighted by atomic mass is 16.6. The molecular weight excluding hydrogens is 292 g/mol. The Balaban J connectivity index is 1.94. The summed E-state index contributed by atoms with van der Waals surface area (Å²) in [4.78, 5) is 11.0. The number of ether oxygens (including phenoxy) is 2. The second-order valence-electron chi connectivity index (χ2n) is 6.44. The van der Waals surface area contributed by atoms with E-state index in [1.54, 1.807) is 0 Å². The van der Waals surface area contributed by atoms with Crippen LogP contribution in [0.4, 0.5) is 0 Å². The molecule has 0 spiro atoms. The summed E-state index contributed by atoms with van der Waals surface area (Å²) in [6.45, 7) is 2.22. The van der Waals surface area contributed by atoms with E-state index < -0.39 is 0 Å². The second kappa shape index (κ2) is 12.5. The van der Waals surface area contributed by atoms with Gasteiger partial charge in [-0.25, -0.2) is 0 Å². The molecule has 1 saturated heterocycles. The summed E-state index contributed by atoms with van der Waals surface area (Å²) >= 11 is 0. The number of epoxide rings is 1. The van der Waals surface area contributed by atoms with Gasteiger partial charge in [-0.2, -0.15) is 0 Å². The molecule has 0 aliphatic carbocycles. The molecule has 1 heterocycles. The lowest BCUT2D eigenvalue weighted by molar-refractivity contribution is -0.140. The molecule has 4 heteroatoms. The van der Waals surface area contributed by atoms with Crippen molar-refractivity contribution >= 4 is 5.97 Å². The first-order valence-electron chi connectivity index (χ1n) is 9.24. The van der Waals surface area contributed by atoms with Crippen molar-refractivity contribution in [3.63, 3.8) is 0 Å². The summed E-state index contributed by atoms with van der Waals surface area (Å²) in [7, 11) is 1.42. The smallest absolute Gasteiger partial charge is 0.305 e. The van der Waals surface area contributed by atoms with Crippen LogP contribution in [-0.2, 0) is 14.3 Å². The summed E-state index contributed by atoms with van der Waals surface area (Å²) in [6, 6.07) is 0. The summed E-state index contributed by atoms with van der Waals surface area (Å²) in [5, 5.41) is 10.1. The number of carbonyl (C=O) groups excluding carboxylic acids is 1. The molecule has 1 aliphatic heterocycles. The van der Waals surface area contributed by atoms with Crippen molar-refractivity contribution in [2.24, 2.45) is 0 Å². The molecule has 1 N–H and O–H groups in total. The largest absolute Gasteiger partial charge is 0.469 e. The van der Waals surface area contributed by atoms with Gasteiger partial charge in [0.15, 0.2) is 0 Å². The Bertz CT molecular complexity index is 340. The van der Waals surface area contributed by atoms with Gasteiger partial charge in [-0.05, 0) is 32.1 Å². The number of aliphatic hydroxyl groups is 1. The third kappa shape index (κ3) is 9.77. The van der Waals surface area contributed by atoms with Gasteiger partial charge < -0.3 is 14.6 Å². The minimum Gasteiger partial charge on any atom is -0.469 e. The van der Waals surface area contributed by atoms with E-state index >= 15 is 0 Å². The van der Waals surface area contributed by atoms with Gasteiger partial charge in [-0.3, -0.25) is 4.79 Å². The highest BCUT2D eigenvalue weighted by Gasteiger charge is 2.42. The van der Waals surface area contributed by atoms with Gasteiger partial charge >= 0.3 is 5.97 Å². The van der Waals surface area contributed by atoms with E-state index in [0.29, 0.717) is 6.42 Å². The van der Waals surface area contributed by atoms with Crippen molar-refractivity contribution in [1.82, 2.24) is 0 Å². The van der Waals surface area contributed by atoms with Crippen LogP contribution in [0.15, 0.2) is 12.2 Å². The topological polar surface area (TPSA) is 59.1 Å². The molecule has 0 aromatic carbocycles. The molecule has 0 amide bonds. The van der Waals surface area contributed by atoms with Crippen molar-refractivity contribution in [3.8, 4) is 0 Å². The molecule has 0 bridgehead atoms. The summed E-state index contributed by atoms with van der Waals surface area (Å²) in [5.41, 5.74) is 0. The molecule has 3 atom stereocenters. The highest BCUT2D eigenvalue weighted by Crippen LogP contribution is 2.31. The zero-order valence-corrected chi connectivity index (χ0v) is 14.8. The number of allylic oxidation sites excluding steroid dienone is 1. The average Bonchev–Trinajstić information content (AvgIpc) is 3.33. The van der Waals surface area contributed by atoms with Crippen LogP contribution in [0.2, 0.25) is 0 Å². The molecule has 0 unspecified atom stereocenters. The first-order chi connectivity index (χ1) is 11.2. The Morgan fingerprint density at radius 1 is 1.17 bits per heavy atom. The Morgan fingerprint density at radius 3 is 2.70 bits per heavy atom. The third-order valence-electron chi connectivity index (χ3n) is 4.37. The standard InChI is InChI=1S/C19H34O4/c1-3-4-5-6-7-11-14-17-19(23-17)16(20)13-10-8-9-12-15-18(21)22-2/h7,11,16-17,19-20H,3-6,8-10,12-15H2,1-2H3/b11-7+/t16-,17+,19+/m1/s1. The van der Waals surface area contributed by atoms with Gasteiger partial charge in [0.05, 0.1) is 19.3 Å². The van der Waals surface area contributed by atoms with Crippen molar-refractivity contribution in [2.45, 2.75) is 95.9 Å². The fourth-order valence-corrected chi connectivity index (χ4v) is 2.79. The fraction of sp³-hybridized carbons (Fsp3) is 0.842. The van der Waals surface area contributed by atoms with E-state index in [1.165, 1.54) is 26.4 Å². The van der Waals surface area contributed by atoms with E-state index in [0.717, 1.165) is 44.9 Å². The molecule has 1 fully saturated rings. The zero-order valence-electron chi connectivity index (χ0n) is 14.8. The van der Waals surface area contributed by atoms with Crippen LogP contribution >= 0.6 is 0 Å². The zero-order chi connectivity index (χ0) is 16.9. The van der Waals surface area contributed by atoms with Crippen LogP contribution in [-0.4, -0.2) is 36.5 Å². The normalized spacial score (nSPS) is 21.5. The van der Waals surface area contributed by atoms with Gasteiger partial charge in [0.1, 0.15) is 6.10 Å². The van der Waals surface area contributed by atoms with E-state index in [9.17, 15) is 9.90 Å². The van der Waals surface area contributed by atoms with Gasteiger partial charge in [0.25, 0.3) is 0 Å². The second-order valence-corrected chi connectivity index (χ2v) is 6.44. The molecule has 0 aromatic heterocycles. The maximum atomic E-state index is 11.0. The molecular formula is C19H34O4. The van der Waals surface area contributed by atoms with E-state index in [-0.39, 0.29) is 24.3 Å². The number of rotatable bonds is 14. The van der Waals surface area contributed by atoms with Crippen molar-refractivity contribution < 1.29 is 19.4 Å². The lowest BCUT2D eigenvalue weighted by Crippen LogP contribution is -2.16. The van der Waals surface area contributed by atoms with Crippen molar-refractivity contribution in [3.05, 3.63) is 12.2 Å². The van der Waals surface area contributed by atoms with Crippen LogP contribution in [0, 0.1) is 0 Å². The Labute approximate surface area is 141 Å². The van der Waals surface area contributed by atoms with Crippen molar-refractivity contribution in [2.75, 3.05) is 7.11 Å². The van der Waals surface area contributed by atoms with Gasteiger partial charge in [-0.1, -0.05) is 51.2 Å². The maximum Gasteiger partial charge on any atom is 0.305 e. The predicted molar refractivity (Wildman–Crippen MR) is 92.3 cm³/mol. The minimum atomic E-state index is -0.339. The molecule has 1 rings (SSSR count). The SMILES string of the molecule is CCCCC/C=C/C[C@@H]1O[C@H]1[C@H](O)CCCCCCC(=O)OC. The quantitative estimate of drug-likeness (QED) is 0.225. The van der Waals surface area contributed by atoms with Crippen LogP contribution in [0.1, 0.15) is 77.6 Å². The number of aliphatic hydroxyl groups excluding tert-OH is 1. The maximum absolute atomic E-state index is 11.0. The van der Waals surface area contributed by atoms with E-state index in [2.05, 4.69) is 23.8 Å². The molecule has 4 nitrogen and oxygen atoms in total. The third-order valence-corrected chi connectivity index (χ3v) is 4.37. The van der Waals surface area contributed by atoms with E-state index in [1.807, 2.05) is 0 Å². The Kier molecular flexibility index (Phi) is 11.0. The highest BCUT2D eigenvalue weighted by molar-refractivity contribution is 5.68. The van der Waals surface area contributed by atoms with Crippen LogP contribution in [0.5, 0.6) is 0 Å². The van der Waals surface area contributed by atoms with Gasteiger partial charge in [0.2, 0.25) is 0 Å². The van der Waals surface area contributed by atoms with Crippen LogP contribution in [0.25, 0.3) is 0 Å². The molecule has 1 aliphatic rings. The predicted octanol–water partition coefficient (Wildman–Crippen LogP) is 4.15. The first-order valence-corrected chi connectivity index (χ1v) is 9.24. The summed E-state index contributed by atoms with van der Waals surface area (Å²) in [5.74, 6) is -0.137. The monoisotopic (exact) mass is 326 g/mol. The first kappa shape index (κ1) is 20.2. The Morgan fingerprint density at radius 2 is 1.96 bits per heavy atom. The van der Waals surface area contributed by atoms with Crippen molar-refractivity contribution in [1.29, 1.82) is 0 Å². The molecule has 134 valence electrons. The summed E-state index contributed by atoms with van der Waals surface area (Å²) < 4.78 is 10.2. The summed E-state index contributed by atoms with van der Waals surface area (Å²) in [6.07, 6.45) is 15.4. The minimum absolute atomic E-state index is 0.0327. The number of hydrogen-bond donors (Lipinski definition) is 1. The lowest BCUT2D eigenvalue weighted by Gasteiger charge is -2.07. The Hall–Kier alpha value is -0.870. The van der Waals surface area contributed by atoms with Gasteiger partial charge in [0, 0.05) is 6.42 Å². The average molecular weight is 326 g/mol. The number of hydrogen-bond acceptors (Lipinski definition) is 4. The molecule has 0 radical (unpaired) electrons.